The Labute approximate surface area is 136 Å². The first-order chi connectivity index (χ1) is 11.2. The fourth-order valence-electron chi connectivity index (χ4n) is 2.17. The Hall–Kier alpha value is -2.69. The maximum absolute atomic E-state index is 12.1. The molecule has 1 amide bonds. The molecule has 2 N–H and O–H groups in total. The molecule has 5 heteroatoms. The number of methoxy groups -OCH3 is 1. The van der Waals surface area contributed by atoms with Crippen LogP contribution in [0.15, 0.2) is 48.5 Å². The number of hydrogen-bond acceptors (Lipinski definition) is 4. The maximum Gasteiger partial charge on any atom is 0.226 e. The number of carbonyl (C=O) groups is 1. The van der Waals surface area contributed by atoms with Crippen LogP contribution in [-0.2, 0) is 4.79 Å². The Kier molecular flexibility index (Phi) is 6.29. The minimum absolute atomic E-state index is 0.0699. The molecule has 0 atom stereocenters. The second-order valence-corrected chi connectivity index (χ2v) is 4.85. The summed E-state index contributed by atoms with van der Waals surface area (Å²) in [5, 5.41) is 6.08. The smallest absolute Gasteiger partial charge is 0.226 e. The maximum atomic E-state index is 12.1. The SMILES string of the molecule is CCOc1ccccc1NC(=O)CCNc1ccccc1OC. The quantitative estimate of drug-likeness (QED) is 0.782. The summed E-state index contributed by atoms with van der Waals surface area (Å²) in [5.74, 6) is 1.37. The van der Waals surface area contributed by atoms with Crippen molar-refractivity contribution in [2.75, 3.05) is 30.9 Å². The van der Waals surface area contributed by atoms with E-state index in [1.54, 1.807) is 7.11 Å². The van der Waals surface area contributed by atoms with Crippen molar-refractivity contribution in [3.8, 4) is 11.5 Å². The van der Waals surface area contributed by atoms with E-state index in [9.17, 15) is 4.79 Å². The first kappa shape index (κ1) is 16.7. The lowest BCUT2D eigenvalue weighted by Gasteiger charge is -2.12. The molecule has 0 saturated heterocycles. The number of hydrogen-bond donors (Lipinski definition) is 2. The van der Waals surface area contributed by atoms with Gasteiger partial charge in [0.25, 0.3) is 0 Å². The number of amides is 1. The van der Waals surface area contributed by atoms with Gasteiger partial charge in [-0.05, 0) is 31.2 Å². The molecule has 0 aliphatic carbocycles. The average Bonchev–Trinajstić information content (AvgIpc) is 2.57. The van der Waals surface area contributed by atoms with Crippen molar-refractivity contribution in [1.82, 2.24) is 0 Å². The number of benzene rings is 2. The molecule has 2 aromatic rings. The summed E-state index contributed by atoms with van der Waals surface area (Å²) < 4.78 is 10.8. The van der Waals surface area contributed by atoms with Gasteiger partial charge in [-0.3, -0.25) is 4.79 Å². The largest absolute Gasteiger partial charge is 0.495 e. The van der Waals surface area contributed by atoms with E-state index in [2.05, 4.69) is 10.6 Å². The highest BCUT2D eigenvalue weighted by atomic mass is 16.5. The summed E-state index contributed by atoms with van der Waals surface area (Å²) in [6.45, 7) is 2.99. The molecule has 0 aromatic heterocycles. The van der Waals surface area contributed by atoms with E-state index in [-0.39, 0.29) is 5.91 Å². The molecule has 0 heterocycles. The molecule has 0 saturated carbocycles. The molecule has 0 fully saturated rings. The van der Waals surface area contributed by atoms with Gasteiger partial charge in [0.15, 0.2) is 0 Å². The molecule has 0 aliphatic rings. The van der Waals surface area contributed by atoms with Gasteiger partial charge in [-0.1, -0.05) is 24.3 Å². The molecule has 0 spiro atoms. The van der Waals surface area contributed by atoms with Crippen LogP contribution >= 0.6 is 0 Å². The van der Waals surface area contributed by atoms with Gasteiger partial charge in [-0.25, -0.2) is 0 Å². The van der Waals surface area contributed by atoms with E-state index in [4.69, 9.17) is 9.47 Å². The number of para-hydroxylation sites is 4. The molecule has 5 nitrogen and oxygen atoms in total. The zero-order chi connectivity index (χ0) is 16.5. The van der Waals surface area contributed by atoms with Gasteiger partial charge in [-0.15, -0.1) is 0 Å². The van der Waals surface area contributed by atoms with Crippen LogP contribution < -0.4 is 20.1 Å². The van der Waals surface area contributed by atoms with Gasteiger partial charge in [0, 0.05) is 13.0 Å². The lowest BCUT2D eigenvalue weighted by Crippen LogP contribution is -2.17. The topological polar surface area (TPSA) is 59.6 Å². The molecular formula is C18H22N2O3. The van der Waals surface area contributed by atoms with Crippen LogP contribution in [0, 0.1) is 0 Å². The lowest BCUT2D eigenvalue weighted by atomic mass is 10.2. The minimum Gasteiger partial charge on any atom is -0.495 e. The third-order valence-corrected chi connectivity index (χ3v) is 3.24. The van der Waals surface area contributed by atoms with Crippen molar-refractivity contribution in [3.63, 3.8) is 0 Å². The number of carbonyl (C=O) groups excluding carboxylic acids is 1. The van der Waals surface area contributed by atoms with E-state index in [0.717, 1.165) is 11.4 Å². The normalized spacial score (nSPS) is 10.0. The highest BCUT2D eigenvalue weighted by Crippen LogP contribution is 2.24. The molecule has 23 heavy (non-hydrogen) atoms. The third-order valence-electron chi connectivity index (χ3n) is 3.24. The predicted molar refractivity (Wildman–Crippen MR) is 92.3 cm³/mol. The summed E-state index contributed by atoms with van der Waals surface area (Å²) in [5.41, 5.74) is 1.56. The average molecular weight is 314 g/mol. The summed E-state index contributed by atoms with van der Waals surface area (Å²) in [6.07, 6.45) is 0.346. The first-order valence-corrected chi connectivity index (χ1v) is 7.63. The molecule has 2 aromatic carbocycles. The molecule has 0 unspecified atom stereocenters. The van der Waals surface area contributed by atoms with Crippen LogP contribution in [0.5, 0.6) is 11.5 Å². The Balaban J connectivity index is 1.86. The van der Waals surface area contributed by atoms with Gasteiger partial charge >= 0.3 is 0 Å². The molecular weight excluding hydrogens is 292 g/mol. The van der Waals surface area contributed by atoms with Crippen LogP contribution in [0.1, 0.15) is 13.3 Å². The van der Waals surface area contributed by atoms with Gasteiger partial charge in [-0.2, -0.15) is 0 Å². The van der Waals surface area contributed by atoms with Gasteiger partial charge in [0.1, 0.15) is 11.5 Å². The zero-order valence-corrected chi connectivity index (χ0v) is 13.5. The van der Waals surface area contributed by atoms with E-state index in [1.165, 1.54) is 0 Å². The fourth-order valence-corrected chi connectivity index (χ4v) is 2.17. The van der Waals surface area contributed by atoms with Gasteiger partial charge in [0.2, 0.25) is 5.91 Å². The van der Waals surface area contributed by atoms with Crippen molar-refractivity contribution < 1.29 is 14.3 Å². The van der Waals surface area contributed by atoms with Crippen molar-refractivity contribution in [2.24, 2.45) is 0 Å². The fraction of sp³-hybridized carbons (Fsp3) is 0.278. The summed E-state index contributed by atoms with van der Waals surface area (Å²) in [6, 6.07) is 15.0. The van der Waals surface area contributed by atoms with Crippen molar-refractivity contribution in [3.05, 3.63) is 48.5 Å². The number of rotatable bonds is 8. The number of nitrogens with one attached hydrogen (secondary N) is 2. The highest BCUT2D eigenvalue weighted by Gasteiger charge is 2.07. The van der Waals surface area contributed by atoms with Crippen molar-refractivity contribution in [2.45, 2.75) is 13.3 Å². The van der Waals surface area contributed by atoms with Gasteiger partial charge in [0.05, 0.1) is 25.1 Å². The predicted octanol–water partition coefficient (Wildman–Crippen LogP) is 3.53. The summed E-state index contributed by atoms with van der Waals surface area (Å²) in [7, 11) is 1.62. The first-order valence-electron chi connectivity index (χ1n) is 7.63. The number of ether oxygens (including phenoxy) is 2. The van der Waals surface area contributed by atoms with Crippen LogP contribution in [-0.4, -0.2) is 26.2 Å². The second-order valence-electron chi connectivity index (χ2n) is 4.85. The Morgan fingerprint density at radius 2 is 1.65 bits per heavy atom. The van der Waals surface area contributed by atoms with Gasteiger partial charge < -0.3 is 20.1 Å². The van der Waals surface area contributed by atoms with Crippen molar-refractivity contribution in [1.29, 1.82) is 0 Å². The van der Waals surface area contributed by atoms with Crippen LogP contribution in [0.2, 0.25) is 0 Å². The van der Waals surface area contributed by atoms with Crippen molar-refractivity contribution >= 4 is 17.3 Å². The molecule has 122 valence electrons. The van der Waals surface area contributed by atoms with E-state index in [1.807, 2.05) is 55.5 Å². The Morgan fingerprint density at radius 3 is 2.35 bits per heavy atom. The van der Waals surface area contributed by atoms with Crippen LogP contribution in [0.4, 0.5) is 11.4 Å². The van der Waals surface area contributed by atoms with Crippen LogP contribution in [0.25, 0.3) is 0 Å². The molecule has 0 aliphatic heterocycles. The van der Waals surface area contributed by atoms with E-state index < -0.39 is 0 Å². The Bertz CT molecular complexity index is 644. The second kappa shape index (κ2) is 8.68. The summed E-state index contributed by atoms with van der Waals surface area (Å²) in [4.78, 5) is 12.1. The summed E-state index contributed by atoms with van der Waals surface area (Å²) >= 11 is 0. The standard InChI is InChI=1S/C18H22N2O3/c1-3-23-17-11-7-5-9-15(17)20-18(21)12-13-19-14-8-4-6-10-16(14)22-2/h4-11,19H,3,12-13H2,1-2H3,(H,20,21). The van der Waals surface area contributed by atoms with Crippen LogP contribution in [0.3, 0.4) is 0 Å². The zero-order valence-electron chi connectivity index (χ0n) is 13.5. The Morgan fingerprint density at radius 1 is 1.00 bits per heavy atom. The van der Waals surface area contributed by atoms with E-state index >= 15 is 0 Å². The van der Waals surface area contributed by atoms with E-state index in [0.29, 0.717) is 31.0 Å². The molecule has 2 rings (SSSR count). The highest BCUT2D eigenvalue weighted by molar-refractivity contribution is 5.92. The molecule has 0 bridgehead atoms. The lowest BCUT2D eigenvalue weighted by molar-refractivity contribution is -0.116. The number of anilines is 2. The minimum atomic E-state index is -0.0699. The molecule has 0 radical (unpaired) electrons. The monoisotopic (exact) mass is 314 g/mol. The third kappa shape index (κ3) is 4.92.